The van der Waals surface area contributed by atoms with Crippen LogP contribution in [-0.4, -0.2) is 67.2 Å². The molecule has 1 saturated carbocycles. The first-order valence-electron chi connectivity index (χ1n) is 11.6. The van der Waals surface area contributed by atoms with Crippen LogP contribution in [-0.2, 0) is 19.1 Å². The monoisotopic (exact) mass is 454 g/mol. The summed E-state index contributed by atoms with van der Waals surface area (Å²) in [6, 6.07) is 7.85. The number of ether oxygens (including phenoxy) is 2. The van der Waals surface area contributed by atoms with Gasteiger partial charge in [-0.1, -0.05) is 18.1 Å². The van der Waals surface area contributed by atoms with Gasteiger partial charge in [-0.05, 0) is 62.6 Å². The predicted octanol–water partition coefficient (Wildman–Crippen LogP) is 3.53. The number of nitrogens with zero attached hydrogens (tertiary/aromatic N) is 2. The lowest BCUT2D eigenvalue weighted by Crippen LogP contribution is -2.51. The highest BCUT2D eigenvalue weighted by atomic mass is 16.6. The average molecular weight is 455 g/mol. The van der Waals surface area contributed by atoms with Gasteiger partial charge in [-0.15, -0.1) is 0 Å². The molecule has 0 aromatic heterocycles. The summed E-state index contributed by atoms with van der Waals surface area (Å²) in [6.45, 7) is 2.57. The fraction of sp³-hybridized carbons (Fsp3) is 0.577. The summed E-state index contributed by atoms with van der Waals surface area (Å²) in [5.74, 6) is 6.13. The normalized spacial score (nSPS) is 23.7. The molecule has 2 aliphatic rings. The zero-order valence-electron chi connectivity index (χ0n) is 20.1. The molecule has 2 amide bonds. The van der Waals surface area contributed by atoms with Gasteiger partial charge in [0.05, 0.1) is 7.11 Å². The quantitative estimate of drug-likeness (QED) is 0.503. The fourth-order valence-corrected chi connectivity index (χ4v) is 4.93. The number of likely N-dealkylation sites (tertiary alicyclic amines) is 1. The van der Waals surface area contributed by atoms with Crippen LogP contribution in [0.5, 0.6) is 0 Å². The van der Waals surface area contributed by atoms with Crippen molar-refractivity contribution in [2.45, 2.75) is 63.5 Å². The Morgan fingerprint density at radius 1 is 1.21 bits per heavy atom. The zero-order valence-corrected chi connectivity index (χ0v) is 20.1. The van der Waals surface area contributed by atoms with Crippen LogP contribution in [0.1, 0.15) is 56.1 Å². The van der Waals surface area contributed by atoms with Gasteiger partial charge in [0.2, 0.25) is 5.91 Å². The molecule has 1 aromatic carbocycles. The molecular formula is C26H34N2O5. The molecule has 1 aliphatic heterocycles. The standard InChI is InChI=1S/C26H34N2O5/c1-19-8-5-9-20(18-19)13-16-26(33-24(30)12-6-11-23(29)27(2)3)15-7-10-22-21(26)14-17-28(22)25(31)32-4/h5,8-9,18,21-22H,6-7,10-12,14-15,17H2,1-4H3/t21-,22-,26-/m1/s1. The number of esters is 1. The van der Waals surface area contributed by atoms with Gasteiger partial charge < -0.3 is 19.3 Å². The van der Waals surface area contributed by atoms with Crippen molar-refractivity contribution in [3.8, 4) is 11.8 Å². The van der Waals surface area contributed by atoms with Crippen LogP contribution in [0.25, 0.3) is 0 Å². The summed E-state index contributed by atoms with van der Waals surface area (Å²) in [7, 11) is 4.79. The van der Waals surface area contributed by atoms with E-state index in [1.807, 2.05) is 31.2 Å². The molecule has 0 spiro atoms. The lowest BCUT2D eigenvalue weighted by atomic mass is 9.72. The zero-order chi connectivity index (χ0) is 24.0. The lowest BCUT2D eigenvalue weighted by molar-refractivity contribution is -0.162. The van der Waals surface area contributed by atoms with Gasteiger partial charge in [-0.25, -0.2) is 4.79 Å². The van der Waals surface area contributed by atoms with E-state index < -0.39 is 5.60 Å². The number of carbonyl (C=O) groups excluding carboxylic acids is 3. The Balaban J connectivity index is 1.83. The van der Waals surface area contributed by atoms with Gasteiger partial charge in [0.1, 0.15) is 0 Å². The molecule has 1 saturated heterocycles. The number of carbonyl (C=O) groups is 3. The number of rotatable bonds is 5. The summed E-state index contributed by atoms with van der Waals surface area (Å²) in [5, 5.41) is 0. The highest BCUT2D eigenvalue weighted by Crippen LogP contribution is 2.45. The molecule has 0 N–H and O–H groups in total. The first-order valence-corrected chi connectivity index (χ1v) is 11.6. The van der Waals surface area contributed by atoms with Crippen LogP contribution in [0.15, 0.2) is 24.3 Å². The largest absolute Gasteiger partial charge is 0.453 e. The predicted molar refractivity (Wildman–Crippen MR) is 124 cm³/mol. The number of hydrogen-bond acceptors (Lipinski definition) is 5. The molecule has 3 rings (SSSR count). The molecule has 0 radical (unpaired) electrons. The topological polar surface area (TPSA) is 76.1 Å². The Hall–Kier alpha value is -3.01. The molecule has 178 valence electrons. The summed E-state index contributed by atoms with van der Waals surface area (Å²) in [6.07, 6.45) is 3.50. The van der Waals surface area contributed by atoms with Crippen LogP contribution < -0.4 is 0 Å². The number of benzene rings is 1. The minimum absolute atomic E-state index is 0.0148. The van der Waals surface area contributed by atoms with Gasteiger partial charge in [0, 0.05) is 51.0 Å². The SMILES string of the molecule is COC(=O)N1CC[C@@H]2[C@H]1CCC[C@]2(C#Cc1cccc(C)c1)OC(=O)CCCC(=O)N(C)C. The van der Waals surface area contributed by atoms with Crippen molar-refractivity contribution in [3.05, 3.63) is 35.4 Å². The minimum atomic E-state index is -0.960. The van der Waals surface area contributed by atoms with Crippen molar-refractivity contribution in [2.24, 2.45) is 5.92 Å². The molecular weight excluding hydrogens is 420 g/mol. The second kappa shape index (κ2) is 10.7. The maximum absolute atomic E-state index is 12.9. The Labute approximate surface area is 196 Å². The van der Waals surface area contributed by atoms with Gasteiger partial charge >= 0.3 is 12.1 Å². The van der Waals surface area contributed by atoms with Crippen molar-refractivity contribution in [1.29, 1.82) is 0 Å². The van der Waals surface area contributed by atoms with Crippen molar-refractivity contribution >= 4 is 18.0 Å². The molecule has 33 heavy (non-hydrogen) atoms. The molecule has 1 aromatic rings. The Bertz CT molecular complexity index is 947. The maximum atomic E-state index is 12.9. The van der Waals surface area contributed by atoms with Gasteiger partial charge in [-0.3, -0.25) is 9.59 Å². The number of aryl methyl sites for hydroxylation is 1. The third-order valence-electron chi connectivity index (χ3n) is 6.60. The third-order valence-corrected chi connectivity index (χ3v) is 6.60. The van der Waals surface area contributed by atoms with Crippen molar-refractivity contribution in [3.63, 3.8) is 0 Å². The highest BCUT2D eigenvalue weighted by Gasteiger charge is 2.53. The molecule has 1 heterocycles. The Kier molecular flexibility index (Phi) is 8.01. The highest BCUT2D eigenvalue weighted by molar-refractivity contribution is 5.77. The van der Waals surface area contributed by atoms with E-state index in [0.29, 0.717) is 32.2 Å². The second-order valence-electron chi connectivity index (χ2n) is 9.14. The molecule has 7 nitrogen and oxygen atoms in total. The summed E-state index contributed by atoms with van der Waals surface area (Å²) >= 11 is 0. The molecule has 1 aliphatic carbocycles. The van der Waals surface area contributed by atoms with E-state index in [9.17, 15) is 14.4 Å². The lowest BCUT2D eigenvalue weighted by Gasteiger charge is -2.42. The molecule has 7 heteroatoms. The van der Waals surface area contributed by atoms with Gasteiger partial charge in [0.15, 0.2) is 5.60 Å². The van der Waals surface area contributed by atoms with Crippen LogP contribution in [0.2, 0.25) is 0 Å². The van der Waals surface area contributed by atoms with E-state index in [2.05, 4.69) is 11.8 Å². The Morgan fingerprint density at radius 2 is 2.00 bits per heavy atom. The van der Waals surface area contributed by atoms with Crippen LogP contribution >= 0.6 is 0 Å². The van der Waals surface area contributed by atoms with Crippen LogP contribution in [0, 0.1) is 24.7 Å². The number of amides is 2. The van der Waals surface area contributed by atoms with E-state index in [4.69, 9.17) is 9.47 Å². The third kappa shape index (κ3) is 5.87. The first kappa shape index (κ1) is 24.6. The molecule has 0 unspecified atom stereocenters. The summed E-state index contributed by atoms with van der Waals surface area (Å²) < 4.78 is 11.1. The molecule has 3 atom stereocenters. The van der Waals surface area contributed by atoms with E-state index in [-0.39, 0.29) is 36.4 Å². The number of fused-ring (bicyclic) bond motifs is 1. The Morgan fingerprint density at radius 3 is 2.70 bits per heavy atom. The molecule has 2 fully saturated rings. The van der Waals surface area contributed by atoms with Crippen molar-refractivity contribution in [1.82, 2.24) is 9.80 Å². The summed E-state index contributed by atoms with van der Waals surface area (Å²) in [4.78, 5) is 40.3. The van der Waals surface area contributed by atoms with Crippen molar-refractivity contribution in [2.75, 3.05) is 27.7 Å². The van der Waals surface area contributed by atoms with Crippen LogP contribution in [0.3, 0.4) is 0 Å². The van der Waals surface area contributed by atoms with E-state index >= 15 is 0 Å². The van der Waals surface area contributed by atoms with E-state index in [0.717, 1.165) is 24.0 Å². The van der Waals surface area contributed by atoms with E-state index in [1.165, 1.54) is 12.0 Å². The van der Waals surface area contributed by atoms with Gasteiger partial charge in [-0.2, -0.15) is 0 Å². The fourth-order valence-electron chi connectivity index (χ4n) is 4.93. The van der Waals surface area contributed by atoms with Crippen molar-refractivity contribution < 1.29 is 23.9 Å². The first-order chi connectivity index (χ1) is 15.8. The number of hydrogen-bond donors (Lipinski definition) is 0. The van der Waals surface area contributed by atoms with Gasteiger partial charge in [0.25, 0.3) is 0 Å². The van der Waals surface area contributed by atoms with E-state index in [1.54, 1.807) is 19.0 Å². The summed E-state index contributed by atoms with van der Waals surface area (Å²) in [5.41, 5.74) is 1.02. The van der Waals surface area contributed by atoms with Crippen LogP contribution in [0.4, 0.5) is 4.79 Å². The average Bonchev–Trinajstić information content (AvgIpc) is 3.23. The minimum Gasteiger partial charge on any atom is -0.453 e. The maximum Gasteiger partial charge on any atom is 0.409 e. The second-order valence-corrected chi connectivity index (χ2v) is 9.14. The molecule has 0 bridgehead atoms. The number of methoxy groups -OCH3 is 1. The smallest absolute Gasteiger partial charge is 0.409 e.